The summed E-state index contributed by atoms with van der Waals surface area (Å²) < 4.78 is 7.33. The molecule has 0 spiro atoms. The van der Waals surface area contributed by atoms with Crippen molar-refractivity contribution in [2.75, 3.05) is 11.9 Å². The number of hydrogen-bond acceptors (Lipinski definition) is 4. The molecule has 7 nitrogen and oxygen atoms in total. The highest BCUT2D eigenvalue weighted by molar-refractivity contribution is 6.35. The van der Waals surface area contributed by atoms with Crippen LogP contribution in [0.5, 0.6) is 5.75 Å². The fourth-order valence-electron chi connectivity index (χ4n) is 2.86. The molecule has 0 radical (unpaired) electrons. The van der Waals surface area contributed by atoms with Crippen LogP contribution in [0.25, 0.3) is 0 Å². The van der Waals surface area contributed by atoms with Crippen LogP contribution >= 0.6 is 23.2 Å². The van der Waals surface area contributed by atoms with Gasteiger partial charge in [-0.3, -0.25) is 14.3 Å². The second-order valence-corrected chi connectivity index (χ2v) is 7.86. The maximum atomic E-state index is 12.7. The molecule has 3 rings (SSSR count). The molecular weight excluding hydrogens is 451 g/mol. The van der Waals surface area contributed by atoms with Crippen molar-refractivity contribution in [2.24, 2.45) is 0 Å². The fourth-order valence-corrected chi connectivity index (χ4v) is 3.33. The van der Waals surface area contributed by atoms with Crippen LogP contribution in [-0.4, -0.2) is 28.1 Å². The average Bonchev–Trinajstić information content (AvgIpc) is 3.20. The largest absolute Gasteiger partial charge is 0.487 e. The Morgan fingerprint density at radius 1 is 1.06 bits per heavy atom. The first-order chi connectivity index (χ1) is 15.4. The number of ether oxygens (including phenoxy) is 1. The molecule has 0 aliphatic carbocycles. The Bertz CT molecular complexity index is 1100. The van der Waals surface area contributed by atoms with Gasteiger partial charge in [0.05, 0.1) is 10.7 Å². The molecule has 0 unspecified atom stereocenters. The summed E-state index contributed by atoms with van der Waals surface area (Å²) in [6.45, 7) is 5.28. The van der Waals surface area contributed by atoms with Gasteiger partial charge in [-0.15, -0.1) is 0 Å². The number of anilines is 1. The number of amides is 2. The minimum Gasteiger partial charge on any atom is -0.487 e. The molecular formula is C23H24Cl2N4O3. The zero-order valence-corrected chi connectivity index (χ0v) is 19.3. The second-order valence-electron chi connectivity index (χ2n) is 7.02. The van der Waals surface area contributed by atoms with Gasteiger partial charge in [0, 0.05) is 29.9 Å². The first kappa shape index (κ1) is 23.6. The van der Waals surface area contributed by atoms with Crippen molar-refractivity contribution < 1.29 is 14.3 Å². The van der Waals surface area contributed by atoms with Crippen LogP contribution in [0.2, 0.25) is 10.0 Å². The molecule has 9 heteroatoms. The highest BCUT2D eigenvalue weighted by Gasteiger charge is 2.18. The number of nitrogens with zero attached hydrogens (tertiary/aromatic N) is 2. The lowest BCUT2D eigenvalue weighted by atomic mass is 10.1. The van der Waals surface area contributed by atoms with Crippen LogP contribution in [-0.2, 0) is 13.2 Å². The number of benzene rings is 2. The lowest BCUT2D eigenvalue weighted by Gasteiger charge is -2.09. The molecule has 3 aromatic rings. The third kappa shape index (κ3) is 6.02. The molecule has 1 aromatic heterocycles. The monoisotopic (exact) mass is 474 g/mol. The van der Waals surface area contributed by atoms with E-state index in [-0.39, 0.29) is 24.1 Å². The van der Waals surface area contributed by atoms with Crippen LogP contribution in [0, 0.1) is 0 Å². The summed E-state index contributed by atoms with van der Waals surface area (Å²) in [7, 11) is 0. The molecule has 168 valence electrons. The number of carbonyl (C=O) groups is 2. The second kappa shape index (κ2) is 11.0. The third-order valence-electron chi connectivity index (χ3n) is 4.59. The Hall–Kier alpha value is -3.03. The number of halogens is 2. The number of aryl methyl sites for hydroxylation is 1. The SMILES string of the molecule is CCCNC(=O)c1nn(CC)cc1NC(=O)c1ccc(COc2ccc(Cl)cc2Cl)cc1. The summed E-state index contributed by atoms with van der Waals surface area (Å²) in [4.78, 5) is 25.1. The van der Waals surface area contributed by atoms with E-state index >= 15 is 0 Å². The fraction of sp³-hybridized carbons (Fsp3) is 0.261. The van der Waals surface area contributed by atoms with E-state index in [4.69, 9.17) is 27.9 Å². The summed E-state index contributed by atoms with van der Waals surface area (Å²) >= 11 is 12.0. The van der Waals surface area contributed by atoms with E-state index in [9.17, 15) is 9.59 Å². The van der Waals surface area contributed by atoms with E-state index in [1.807, 2.05) is 13.8 Å². The molecule has 0 saturated heterocycles. The molecule has 2 aromatic carbocycles. The van der Waals surface area contributed by atoms with Gasteiger partial charge in [-0.05, 0) is 49.2 Å². The van der Waals surface area contributed by atoms with Gasteiger partial charge in [-0.2, -0.15) is 5.10 Å². The highest BCUT2D eigenvalue weighted by atomic mass is 35.5. The normalized spacial score (nSPS) is 10.6. The zero-order chi connectivity index (χ0) is 23.1. The van der Waals surface area contributed by atoms with Gasteiger partial charge in [0.1, 0.15) is 12.4 Å². The van der Waals surface area contributed by atoms with Gasteiger partial charge in [-0.25, -0.2) is 0 Å². The molecule has 2 N–H and O–H groups in total. The molecule has 0 saturated carbocycles. The minimum absolute atomic E-state index is 0.193. The maximum Gasteiger partial charge on any atom is 0.273 e. The summed E-state index contributed by atoms with van der Waals surface area (Å²) in [5.74, 6) is -0.124. The van der Waals surface area contributed by atoms with E-state index in [1.165, 1.54) is 0 Å². The van der Waals surface area contributed by atoms with E-state index < -0.39 is 0 Å². The Morgan fingerprint density at radius 2 is 1.81 bits per heavy atom. The predicted molar refractivity (Wildman–Crippen MR) is 126 cm³/mol. The molecule has 1 heterocycles. The zero-order valence-electron chi connectivity index (χ0n) is 17.8. The van der Waals surface area contributed by atoms with Crippen molar-refractivity contribution in [2.45, 2.75) is 33.4 Å². The highest BCUT2D eigenvalue weighted by Crippen LogP contribution is 2.28. The van der Waals surface area contributed by atoms with Crippen LogP contribution in [0.1, 0.15) is 46.7 Å². The van der Waals surface area contributed by atoms with Crippen molar-refractivity contribution in [1.29, 1.82) is 0 Å². The van der Waals surface area contributed by atoms with E-state index in [1.54, 1.807) is 53.3 Å². The number of aromatic nitrogens is 2. The molecule has 0 bridgehead atoms. The van der Waals surface area contributed by atoms with Crippen LogP contribution in [0.3, 0.4) is 0 Å². The van der Waals surface area contributed by atoms with Gasteiger partial charge in [0.15, 0.2) is 5.69 Å². The van der Waals surface area contributed by atoms with Gasteiger partial charge in [0.2, 0.25) is 0 Å². The third-order valence-corrected chi connectivity index (χ3v) is 5.12. The number of hydrogen-bond donors (Lipinski definition) is 2. The van der Waals surface area contributed by atoms with E-state index in [0.717, 1.165) is 12.0 Å². The molecule has 2 amide bonds. The van der Waals surface area contributed by atoms with Crippen molar-refractivity contribution in [3.8, 4) is 5.75 Å². The van der Waals surface area contributed by atoms with Gasteiger partial charge in [-0.1, -0.05) is 42.3 Å². The summed E-state index contributed by atoms with van der Waals surface area (Å²) in [6.07, 6.45) is 2.46. The molecule has 0 atom stereocenters. The van der Waals surface area contributed by atoms with E-state index in [0.29, 0.717) is 40.1 Å². The Kier molecular flexibility index (Phi) is 8.14. The van der Waals surface area contributed by atoms with Crippen LogP contribution < -0.4 is 15.4 Å². The average molecular weight is 475 g/mol. The van der Waals surface area contributed by atoms with Crippen LogP contribution in [0.15, 0.2) is 48.7 Å². The lowest BCUT2D eigenvalue weighted by molar-refractivity contribution is 0.0948. The van der Waals surface area contributed by atoms with Crippen molar-refractivity contribution >= 4 is 40.7 Å². The number of rotatable bonds is 9. The summed E-state index contributed by atoms with van der Waals surface area (Å²) in [6, 6.07) is 12.0. The van der Waals surface area contributed by atoms with Crippen molar-refractivity contribution in [3.05, 3.63) is 75.5 Å². The first-order valence-electron chi connectivity index (χ1n) is 10.2. The van der Waals surface area contributed by atoms with Crippen molar-refractivity contribution in [1.82, 2.24) is 15.1 Å². The lowest BCUT2D eigenvalue weighted by Crippen LogP contribution is -2.26. The van der Waals surface area contributed by atoms with E-state index in [2.05, 4.69) is 15.7 Å². The molecule has 0 aliphatic rings. The molecule has 0 aliphatic heterocycles. The van der Waals surface area contributed by atoms with Gasteiger partial charge < -0.3 is 15.4 Å². The Morgan fingerprint density at radius 3 is 2.47 bits per heavy atom. The standard InChI is InChI=1S/C23H24Cl2N4O3/c1-3-11-26-23(31)21-19(13-29(4-2)28-21)27-22(30)16-7-5-15(6-8-16)14-32-20-10-9-17(24)12-18(20)25/h5-10,12-13H,3-4,11,14H2,1-2H3,(H,26,31)(H,27,30). The topological polar surface area (TPSA) is 85.3 Å². The smallest absolute Gasteiger partial charge is 0.273 e. The maximum absolute atomic E-state index is 12.7. The minimum atomic E-state index is -0.335. The summed E-state index contributed by atoms with van der Waals surface area (Å²) in [5.41, 5.74) is 1.88. The van der Waals surface area contributed by atoms with Gasteiger partial charge in [0.25, 0.3) is 11.8 Å². The Balaban J connectivity index is 1.66. The summed E-state index contributed by atoms with van der Waals surface area (Å²) in [5, 5.41) is 10.8. The first-order valence-corrected chi connectivity index (χ1v) is 11.0. The van der Waals surface area contributed by atoms with Gasteiger partial charge >= 0.3 is 0 Å². The van der Waals surface area contributed by atoms with Crippen LogP contribution in [0.4, 0.5) is 5.69 Å². The molecule has 0 fully saturated rings. The Labute approximate surface area is 196 Å². The quantitative estimate of drug-likeness (QED) is 0.447. The predicted octanol–water partition coefficient (Wildman–Crippen LogP) is 5.18. The number of nitrogens with one attached hydrogen (secondary N) is 2. The van der Waals surface area contributed by atoms with Crippen molar-refractivity contribution in [3.63, 3.8) is 0 Å². The number of carbonyl (C=O) groups excluding carboxylic acids is 2. The molecule has 32 heavy (non-hydrogen) atoms.